The first-order chi connectivity index (χ1) is 15.7. The summed E-state index contributed by atoms with van der Waals surface area (Å²) in [6.07, 6.45) is 1.91. The molecule has 8 heteroatoms. The highest BCUT2D eigenvalue weighted by Gasteiger charge is 2.25. The zero-order chi connectivity index (χ0) is 22.3. The van der Waals surface area contributed by atoms with Gasteiger partial charge in [-0.15, -0.1) is 24.0 Å². The molecule has 0 bridgehead atoms. The monoisotopic (exact) mass is 563 g/mol. The summed E-state index contributed by atoms with van der Waals surface area (Å²) in [7, 11) is 1.71. The van der Waals surface area contributed by atoms with Gasteiger partial charge < -0.3 is 25.2 Å². The minimum atomic E-state index is 0. The van der Waals surface area contributed by atoms with Gasteiger partial charge >= 0.3 is 0 Å². The van der Waals surface area contributed by atoms with E-state index >= 15 is 0 Å². The van der Waals surface area contributed by atoms with E-state index in [2.05, 4.69) is 44.8 Å². The van der Waals surface area contributed by atoms with Gasteiger partial charge in [-0.25, -0.2) is 4.99 Å². The second-order valence-electron chi connectivity index (χ2n) is 8.28. The first kappa shape index (κ1) is 25.1. The van der Waals surface area contributed by atoms with E-state index < -0.39 is 0 Å². The Bertz CT molecular complexity index is 967. The van der Waals surface area contributed by atoms with Crippen molar-refractivity contribution < 1.29 is 9.53 Å². The smallest absolute Gasteiger partial charge is 0.244 e. The molecule has 1 saturated heterocycles. The van der Waals surface area contributed by atoms with Crippen LogP contribution in [-0.2, 0) is 17.8 Å². The summed E-state index contributed by atoms with van der Waals surface area (Å²) < 4.78 is 5.52. The van der Waals surface area contributed by atoms with E-state index in [1.807, 2.05) is 36.1 Å². The molecular formula is C25H34IN5O2. The van der Waals surface area contributed by atoms with Crippen molar-refractivity contribution in [3.63, 3.8) is 0 Å². The number of benzene rings is 2. The summed E-state index contributed by atoms with van der Waals surface area (Å²) in [5.74, 6) is 1.66. The fourth-order valence-corrected chi connectivity index (χ4v) is 4.46. The lowest BCUT2D eigenvalue weighted by molar-refractivity contribution is -0.130. The number of methoxy groups -OCH3 is 1. The second-order valence-corrected chi connectivity index (χ2v) is 8.28. The fraction of sp³-hybridized carbons (Fsp3) is 0.440. The van der Waals surface area contributed by atoms with Crippen LogP contribution in [0.3, 0.4) is 0 Å². The number of nitrogens with zero attached hydrogens (tertiary/aromatic N) is 3. The Labute approximate surface area is 213 Å². The van der Waals surface area contributed by atoms with Crippen molar-refractivity contribution in [1.29, 1.82) is 0 Å². The van der Waals surface area contributed by atoms with Crippen LogP contribution in [0.1, 0.15) is 24.5 Å². The number of rotatable bonds is 6. The highest BCUT2D eigenvalue weighted by molar-refractivity contribution is 14.0. The molecule has 178 valence electrons. The van der Waals surface area contributed by atoms with Crippen LogP contribution in [0.15, 0.2) is 53.5 Å². The molecule has 0 radical (unpaired) electrons. The number of fused-ring (bicyclic) bond motifs is 1. The normalized spacial score (nSPS) is 17.8. The van der Waals surface area contributed by atoms with Gasteiger partial charge in [-0.05, 0) is 43.0 Å². The van der Waals surface area contributed by atoms with Crippen LogP contribution < -0.4 is 20.3 Å². The molecule has 2 aliphatic heterocycles. The first-order valence-corrected chi connectivity index (χ1v) is 11.4. The quantitative estimate of drug-likeness (QED) is 0.322. The molecule has 2 aromatic rings. The third-order valence-corrected chi connectivity index (χ3v) is 6.15. The van der Waals surface area contributed by atoms with Gasteiger partial charge in [-0.3, -0.25) is 4.79 Å². The third-order valence-electron chi connectivity index (χ3n) is 6.15. The zero-order valence-electron chi connectivity index (χ0n) is 19.4. The molecule has 33 heavy (non-hydrogen) atoms. The summed E-state index contributed by atoms with van der Waals surface area (Å²) in [5.41, 5.74) is 3.70. The maximum atomic E-state index is 12.8. The zero-order valence-corrected chi connectivity index (χ0v) is 21.7. The Morgan fingerprint density at radius 1 is 1.12 bits per heavy atom. The molecule has 0 spiro atoms. The van der Waals surface area contributed by atoms with Gasteiger partial charge in [-0.1, -0.05) is 36.4 Å². The van der Waals surface area contributed by atoms with E-state index in [9.17, 15) is 4.79 Å². The Morgan fingerprint density at radius 3 is 2.67 bits per heavy atom. The van der Waals surface area contributed by atoms with Gasteiger partial charge in [0, 0.05) is 38.8 Å². The molecule has 0 aliphatic carbocycles. The van der Waals surface area contributed by atoms with Crippen LogP contribution in [0.2, 0.25) is 0 Å². The number of carbonyl (C=O) groups excluding carboxylic acids is 1. The highest BCUT2D eigenvalue weighted by atomic mass is 127. The van der Waals surface area contributed by atoms with Gasteiger partial charge in [0.2, 0.25) is 5.91 Å². The molecule has 4 rings (SSSR count). The molecule has 2 aliphatic rings. The molecule has 1 unspecified atom stereocenters. The number of nitrogens with one attached hydrogen (secondary N) is 2. The van der Waals surface area contributed by atoms with E-state index in [1.165, 1.54) is 11.1 Å². The Morgan fingerprint density at radius 2 is 1.88 bits per heavy atom. The van der Waals surface area contributed by atoms with Gasteiger partial charge in [-0.2, -0.15) is 0 Å². The highest BCUT2D eigenvalue weighted by Crippen LogP contribution is 2.30. The van der Waals surface area contributed by atoms with Crippen molar-refractivity contribution in [2.24, 2.45) is 4.99 Å². The van der Waals surface area contributed by atoms with E-state index in [0.717, 1.165) is 50.5 Å². The van der Waals surface area contributed by atoms with Crippen LogP contribution in [-0.4, -0.2) is 62.6 Å². The lowest BCUT2D eigenvalue weighted by Crippen LogP contribution is -2.45. The van der Waals surface area contributed by atoms with Gasteiger partial charge in [0.25, 0.3) is 0 Å². The summed E-state index contributed by atoms with van der Waals surface area (Å²) in [5, 5.41) is 6.80. The predicted octanol–water partition coefficient (Wildman–Crippen LogP) is 3.03. The lowest BCUT2D eigenvalue weighted by Gasteiger charge is -2.28. The molecule has 1 atom stereocenters. The number of anilines is 1. The van der Waals surface area contributed by atoms with Crippen molar-refractivity contribution in [3.05, 3.63) is 59.7 Å². The van der Waals surface area contributed by atoms with Crippen LogP contribution in [0.4, 0.5) is 5.69 Å². The van der Waals surface area contributed by atoms with E-state index in [-0.39, 0.29) is 42.5 Å². The van der Waals surface area contributed by atoms with E-state index in [0.29, 0.717) is 12.5 Å². The third kappa shape index (κ3) is 6.31. The predicted molar refractivity (Wildman–Crippen MR) is 144 cm³/mol. The van der Waals surface area contributed by atoms with E-state index in [1.54, 1.807) is 7.11 Å². The number of ether oxygens (including phenoxy) is 1. The SMILES string of the molecule is CCNC(=NCC(=O)N1CCc2ccccc2C1)NC1CCN(c2ccccc2OC)C1.I. The second kappa shape index (κ2) is 12.1. The maximum absolute atomic E-state index is 12.8. The van der Waals surface area contributed by atoms with Crippen LogP contribution in [0.5, 0.6) is 5.75 Å². The van der Waals surface area contributed by atoms with Crippen molar-refractivity contribution in [3.8, 4) is 5.75 Å². The van der Waals surface area contributed by atoms with Gasteiger partial charge in [0.05, 0.1) is 12.8 Å². The number of hydrogen-bond donors (Lipinski definition) is 2. The first-order valence-electron chi connectivity index (χ1n) is 11.4. The fourth-order valence-electron chi connectivity index (χ4n) is 4.46. The van der Waals surface area contributed by atoms with Crippen molar-refractivity contribution >= 4 is 41.5 Å². The molecule has 1 fully saturated rings. The number of aliphatic imine (C=N–C) groups is 1. The Balaban J connectivity index is 0.00000306. The van der Waals surface area contributed by atoms with E-state index in [4.69, 9.17) is 4.74 Å². The average molecular weight is 563 g/mol. The summed E-state index contributed by atoms with van der Waals surface area (Å²) in [6.45, 7) is 6.18. The van der Waals surface area contributed by atoms with Gasteiger partial charge in [0.15, 0.2) is 5.96 Å². The molecule has 2 aromatic carbocycles. The summed E-state index contributed by atoms with van der Waals surface area (Å²) in [4.78, 5) is 21.6. The Hall–Kier alpha value is -2.49. The number of halogens is 1. The number of guanidine groups is 1. The number of hydrogen-bond acceptors (Lipinski definition) is 4. The molecule has 7 nitrogen and oxygen atoms in total. The lowest BCUT2D eigenvalue weighted by atomic mass is 10.00. The van der Waals surface area contributed by atoms with Crippen LogP contribution >= 0.6 is 24.0 Å². The molecule has 2 heterocycles. The van der Waals surface area contributed by atoms with Crippen molar-refractivity contribution in [1.82, 2.24) is 15.5 Å². The van der Waals surface area contributed by atoms with Crippen molar-refractivity contribution in [2.45, 2.75) is 32.4 Å². The molecule has 1 amide bonds. The molecular weight excluding hydrogens is 529 g/mol. The minimum absolute atomic E-state index is 0. The van der Waals surface area contributed by atoms with Crippen LogP contribution in [0.25, 0.3) is 0 Å². The topological polar surface area (TPSA) is 69.2 Å². The number of carbonyl (C=O) groups is 1. The molecule has 0 aromatic heterocycles. The largest absolute Gasteiger partial charge is 0.495 e. The van der Waals surface area contributed by atoms with Crippen molar-refractivity contribution in [2.75, 3.05) is 44.7 Å². The number of amides is 1. The summed E-state index contributed by atoms with van der Waals surface area (Å²) >= 11 is 0. The Kier molecular flexibility index (Phi) is 9.22. The maximum Gasteiger partial charge on any atom is 0.244 e. The molecule has 0 saturated carbocycles. The minimum Gasteiger partial charge on any atom is -0.495 e. The average Bonchev–Trinajstić information content (AvgIpc) is 3.30. The molecule has 2 N–H and O–H groups in total. The standard InChI is InChI=1S/C25H33N5O2.HI/c1-3-26-25(27-16-24(31)30-14-12-19-8-4-5-9-20(19)17-30)28-21-13-15-29(18-21)22-10-6-7-11-23(22)32-2;/h4-11,21H,3,12-18H2,1-2H3,(H2,26,27,28);1H. The number of para-hydroxylation sites is 2. The van der Waals surface area contributed by atoms with Crippen LogP contribution in [0, 0.1) is 0 Å². The van der Waals surface area contributed by atoms with Gasteiger partial charge in [0.1, 0.15) is 12.3 Å². The summed E-state index contributed by atoms with van der Waals surface area (Å²) in [6, 6.07) is 16.7.